The second-order valence-corrected chi connectivity index (χ2v) is 4.96. The van der Waals surface area contributed by atoms with E-state index in [9.17, 15) is 4.79 Å². The molecular weight excluding hydrogens is 256 g/mol. The van der Waals surface area contributed by atoms with Gasteiger partial charge in [-0.3, -0.25) is 0 Å². The van der Waals surface area contributed by atoms with Gasteiger partial charge in [0.1, 0.15) is 6.10 Å². The number of amides is 2. The van der Waals surface area contributed by atoms with Crippen molar-refractivity contribution in [2.45, 2.75) is 19.1 Å². The third-order valence-corrected chi connectivity index (χ3v) is 3.45. The number of carbonyl (C=O) groups is 1. The second kappa shape index (κ2) is 7.26. The van der Waals surface area contributed by atoms with Gasteiger partial charge < -0.3 is 19.7 Å². The lowest BCUT2D eigenvalue weighted by Gasteiger charge is -2.38. The number of carbonyl (C=O) groups excluding carboxylic acids is 1. The number of nitrogens with zero attached hydrogens (tertiary/aromatic N) is 1. The van der Waals surface area contributed by atoms with E-state index in [1.54, 1.807) is 7.11 Å². The SMILES string of the molecule is COCCNC(=O)N1C[C@H](c2ccccc2)OC[C@H]1C. The molecule has 2 rings (SSSR count). The molecule has 1 heterocycles. The Morgan fingerprint density at radius 1 is 1.45 bits per heavy atom. The molecule has 2 amide bonds. The molecule has 1 aromatic rings. The minimum absolute atomic E-state index is 0.0550. The summed E-state index contributed by atoms with van der Waals surface area (Å²) in [5, 5.41) is 2.86. The standard InChI is InChI=1S/C15H22N2O3/c1-12-11-20-14(13-6-4-3-5-7-13)10-17(12)15(18)16-8-9-19-2/h3-7,12,14H,8-11H2,1-2H3,(H,16,18)/t12-,14-/m1/s1. The molecular formula is C15H22N2O3. The van der Waals surface area contributed by atoms with Crippen LogP contribution in [-0.4, -0.2) is 50.4 Å². The van der Waals surface area contributed by atoms with Crippen molar-refractivity contribution >= 4 is 6.03 Å². The van der Waals surface area contributed by atoms with Gasteiger partial charge in [-0.05, 0) is 12.5 Å². The van der Waals surface area contributed by atoms with Crippen molar-refractivity contribution in [3.05, 3.63) is 35.9 Å². The molecule has 0 bridgehead atoms. The van der Waals surface area contributed by atoms with Gasteiger partial charge in [-0.15, -0.1) is 0 Å². The number of hydrogen-bond acceptors (Lipinski definition) is 3. The maximum absolute atomic E-state index is 12.2. The van der Waals surface area contributed by atoms with Crippen molar-refractivity contribution in [3.63, 3.8) is 0 Å². The molecule has 0 unspecified atom stereocenters. The molecule has 1 saturated heterocycles. The van der Waals surface area contributed by atoms with E-state index in [1.807, 2.05) is 42.2 Å². The molecule has 0 saturated carbocycles. The van der Waals surface area contributed by atoms with E-state index in [0.29, 0.717) is 26.3 Å². The summed E-state index contributed by atoms with van der Waals surface area (Å²) in [7, 11) is 1.62. The number of benzene rings is 1. The van der Waals surface area contributed by atoms with Gasteiger partial charge in [0, 0.05) is 13.7 Å². The molecule has 1 aliphatic heterocycles. The lowest BCUT2D eigenvalue weighted by Crippen LogP contribution is -2.52. The highest BCUT2D eigenvalue weighted by Crippen LogP contribution is 2.24. The van der Waals surface area contributed by atoms with Crippen LogP contribution in [0.3, 0.4) is 0 Å². The summed E-state index contributed by atoms with van der Waals surface area (Å²) in [5.74, 6) is 0. The van der Waals surface area contributed by atoms with Crippen LogP contribution in [0, 0.1) is 0 Å². The van der Waals surface area contributed by atoms with Crippen LogP contribution in [0.15, 0.2) is 30.3 Å². The molecule has 1 N–H and O–H groups in total. The first kappa shape index (κ1) is 14.8. The Labute approximate surface area is 119 Å². The van der Waals surface area contributed by atoms with E-state index >= 15 is 0 Å². The summed E-state index contributed by atoms with van der Waals surface area (Å²) >= 11 is 0. The van der Waals surface area contributed by atoms with E-state index in [1.165, 1.54) is 0 Å². The van der Waals surface area contributed by atoms with Crippen molar-refractivity contribution in [1.82, 2.24) is 10.2 Å². The maximum Gasteiger partial charge on any atom is 0.317 e. The first-order valence-electron chi connectivity index (χ1n) is 6.92. The third-order valence-electron chi connectivity index (χ3n) is 3.45. The highest BCUT2D eigenvalue weighted by Gasteiger charge is 2.30. The molecule has 0 aliphatic carbocycles. The van der Waals surface area contributed by atoms with Crippen LogP contribution in [0.1, 0.15) is 18.6 Å². The topological polar surface area (TPSA) is 50.8 Å². The summed E-state index contributed by atoms with van der Waals surface area (Å²) < 4.78 is 10.8. The lowest BCUT2D eigenvalue weighted by molar-refractivity contribution is -0.0428. The van der Waals surface area contributed by atoms with Gasteiger partial charge in [-0.2, -0.15) is 0 Å². The van der Waals surface area contributed by atoms with Crippen molar-refractivity contribution in [2.24, 2.45) is 0 Å². The fourth-order valence-electron chi connectivity index (χ4n) is 2.27. The van der Waals surface area contributed by atoms with Gasteiger partial charge in [-0.25, -0.2) is 4.79 Å². The first-order chi connectivity index (χ1) is 9.72. The minimum atomic E-state index is -0.0567. The fourth-order valence-corrected chi connectivity index (χ4v) is 2.27. The number of rotatable bonds is 4. The molecule has 20 heavy (non-hydrogen) atoms. The van der Waals surface area contributed by atoms with Crippen molar-refractivity contribution < 1.29 is 14.3 Å². The summed E-state index contributed by atoms with van der Waals surface area (Å²) in [6.45, 7) is 4.17. The first-order valence-corrected chi connectivity index (χ1v) is 6.92. The molecule has 5 heteroatoms. The Bertz CT molecular complexity index is 424. The van der Waals surface area contributed by atoms with E-state index in [4.69, 9.17) is 9.47 Å². The summed E-state index contributed by atoms with van der Waals surface area (Å²) in [6, 6.07) is 10.0. The summed E-state index contributed by atoms with van der Waals surface area (Å²) in [4.78, 5) is 14.0. The van der Waals surface area contributed by atoms with E-state index in [-0.39, 0.29) is 18.2 Å². The van der Waals surface area contributed by atoms with Crippen LogP contribution in [0.4, 0.5) is 4.79 Å². The lowest BCUT2D eigenvalue weighted by atomic mass is 10.1. The predicted molar refractivity (Wildman–Crippen MR) is 76.6 cm³/mol. The summed E-state index contributed by atoms with van der Waals surface area (Å²) in [6.07, 6.45) is -0.0550. The van der Waals surface area contributed by atoms with Gasteiger partial charge in [0.25, 0.3) is 0 Å². The molecule has 0 spiro atoms. The third kappa shape index (κ3) is 3.71. The normalized spacial score (nSPS) is 22.6. The van der Waals surface area contributed by atoms with E-state index in [2.05, 4.69) is 5.32 Å². The highest BCUT2D eigenvalue weighted by atomic mass is 16.5. The monoisotopic (exact) mass is 278 g/mol. The number of morpholine rings is 1. The Morgan fingerprint density at radius 3 is 2.90 bits per heavy atom. The maximum atomic E-state index is 12.2. The molecule has 110 valence electrons. The summed E-state index contributed by atoms with van der Waals surface area (Å²) in [5.41, 5.74) is 1.11. The number of urea groups is 1. The van der Waals surface area contributed by atoms with Crippen LogP contribution < -0.4 is 5.32 Å². The largest absolute Gasteiger partial charge is 0.383 e. The van der Waals surface area contributed by atoms with Crippen LogP contribution in [-0.2, 0) is 9.47 Å². The fraction of sp³-hybridized carbons (Fsp3) is 0.533. The van der Waals surface area contributed by atoms with Crippen molar-refractivity contribution in [3.8, 4) is 0 Å². The molecule has 2 atom stereocenters. The minimum Gasteiger partial charge on any atom is -0.383 e. The number of ether oxygens (including phenoxy) is 2. The second-order valence-electron chi connectivity index (χ2n) is 4.96. The van der Waals surface area contributed by atoms with Crippen molar-refractivity contribution in [1.29, 1.82) is 0 Å². The highest BCUT2D eigenvalue weighted by molar-refractivity contribution is 5.74. The van der Waals surface area contributed by atoms with Crippen LogP contribution in [0.25, 0.3) is 0 Å². The van der Waals surface area contributed by atoms with Gasteiger partial charge >= 0.3 is 6.03 Å². The number of nitrogens with one attached hydrogen (secondary N) is 1. The molecule has 0 radical (unpaired) electrons. The van der Waals surface area contributed by atoms with E-state index < -0.39 is 0 Å². The van der Waals surface area contributed by atoms with Crippen LogP contribution in [0.2, 0.25) is 0 Å². The number of hydrogen-bond donors (Lipinski definition) is 1. The average Bonchev–Trinajstić information content (AvgIpc) is 2.49. The molecule has 5 nitrogen and oxygen atoms in total. The van der Waals surface area contributed by atoms with E-state index in [0.717, 1.165) is 5.56 Å². The van der Waals surface area contributed by atoms with Crippen LogP contribution >= 0.6 is 0 Å². The Morgan fingerprint density at radius 2 is 2.20 bits per heavy atom. The smallest absolute Gasteiger partial charge is 0.317 e. The zero-order valence-electron chi connectivity index (χ0n) is 12.0. The van der Waals surface area contributed by atoms with Gasteiger partial charge in [0.05, 0.1) is 25.8 Å². The quantitative estimate of drug-likeness (QED) is 0.855. The Kier molecular flexibility index (Phi) is 5.38. The molecule has 1 fully saturated rings. The average molecular weight is 278 g/mol. The van der Waals surface area contributed by atoms with Gasteiger partial charge in [-0.1, -0.05) is 30.3 Å². The van der Waals surface area contributed by atoms with Gasteiger partial charge in [0.15, 0.2) is 0 Å². The molecule has 1 aromatic carbocycles. The zero-order valence-corrected chi connectivity index (χ0v) is 12.0. The number of methoxy groups -OCH3 is 1. The van der Waals surface area contributed by atoms with Crippen molar-refractivity contribution in [2.75, 3.05) is 33.4 Å². The Hall–Kier alpha value is -1.59. The predicted octanol–water partition coefficient (Wildman–Crippen LogP) is 1.80. The Balaban J connectivity index is 1.96. The van der Waals surface area contributed by atoms with Crippen LogP contribution in [0.5, 0.6) is 0 Å². The molecule has 1 aliphatic rings. The van der Waals surface area contributed by atoms with Gasteiger partial charge in [0.2, 0.25) is 0 Å². The molecule has 0 aromatic heterocycles. The zero-order chi connectivity index (χ0) is 14.4.